The summed E-state index contributed by atoms with van der Waals surface area (Å²) in [6.07, 6.45) is 1.35. The van der Waals surface area contributed by atoms with Crippen molar-refractivity contribution < 1.29 is 19.4 Å². The first-order valence-corrected chi connectivity index (χ1v) is 6.48. The van der Waals surface area contributed by atoms with Crippen LogP contribution in [0.25, 0.3) is 0 Å². The normalized spacial score (nSPS) is 10.5. The van der Waals surface area contributed by atoms with Crippen LogP contribution < -0.4 is 14.9 Å². The lowest BCUT2D eigenvalue weighted by atomic mass is 10.2. The van der Waals surface area contributed by atoms with Gasteiger partial charge in [0.25, 0.3) is 5.91 Å². The number of nitrogens with zero attached hydrogens (tertiary/aromatic N) is 1. The molecule has 0 fully saturated rings. The van der Waals surface area contributed by atoms with Crippen molar-refractivity contribution in [2.75, 3.05) is 14.2 Å². The lowest BCUT2D eigenvalue weighted by molar-refractivity contribution is 0.0955. The molecular weight excluding hydrogens is 284 g/mol. The van der Waals surface area contributed by atoms with Crippen LogP contribution in [-0.2, 0) is 0 Å². The third-order valence-corrected chi connectivity index (χ3v) is 2.96. The SMILES string of the molecule is COc1ccc(C(=O)N/N=C\c2cc(OC)ccc2O)cc1. The second kappa shape index (κ2) is 7.12. The van der Waals surface area contributed by atoms with Gasteiger partial charge >= 0.3 is 0 Å². The van der Waals surface area contributed by atoms with Gasteiger partial charge in [0.05, 0.1) is 20.4 Å². The molecule has 0 saturated heterocycles. The monoisotopic (exact) mass is 300 g/mol. The molecule has 2 aromatic carbocycles. The Morgan fingerprint density at radius 2 is 1.73 bits per heavy atom. The van der Waals surface area contributed by atoms with E-state index >= 15 is 0 Å². The number of carbonyl (C=O) groups is 1. The third kappa shape index (κ3) is 3.76. The number of hydrogen-bond donors (Lipinski definition) is 2. The Morgan fingerprint density at radius 1 is 1.09 bits per heavy atom. The van der Waals surface area contributed by atoms with Crippen LogP contribution in [0.15, 0.2) is 47.6 Å². The number of phenolic OH excluding ortho intramolecular Hbond substituents is 1. The average Bonchev–Trinajstić information content (AvgIpc) is 2.56. The van der Waals surface area contributed by atoms with Gasteiger partial charge < -0.3 is 14.6 Å². The fourth-order valence-corrected chi connectivity index (χ4v) is 1.73. The van der Waals surface area contributed by atoms with Crippen molar-refractivity contribution in [1.29, 1.82) is 0 Å². The van der Waals surface area contributed by atoms with Gasteiger partial charge in [-0.1, -0.05) is 0 Å². The largest absolute Gasteiger partial charge is 0.507 e. The average molecular weight is 300 g/mol. The molecule has 6 nitrogen and oxygen atoms in total. The molecule has 1 amide bonds. The Kier molecular flexibility index (Phi) is 4.98. The molecule has 0 unspecified atom stereocenters. The van der Waals surface area contributed by atoms with Crippen LogP contribution in [-0.4, -0.2) is 31.4 Å². The zero-order valence-electron chi connectivity index (χ0n) is 12.2. The minimum absolute atomic E-state index is 0.0447. The molecule has 0 atom stereocenters. The molecular formula is C16H16N2O4. The van der Waals surface area contributed by atoms with E-state index in [2.05, 4.69) is 10.5 Å². The lowest BCUT2D eigenvalue weighted by Gasteiger charge is -2.04. The summed E-state index contributed by atoms with van der Waals surface area (Å²) >= 11 is 0. The zero-order chi connectivity index (χ0) is 15.9. The van der Waals surface area contributed by atoms with Crippen LogP contribution in [0.2, 0.25) is 0 Å². The maximum absolute atomic E-state index is 11.9. The van der Waals surface area contributed by atoms with E-state index in [1.54, 1.807) is 43.5 Å². The van der Waals surface area contributed by atoms with Crippen molar-refractivity contribution in [3.8, 4) is 17.2 Å². The summed E-state index contributed by atoms with van der Waals surface area (Å²) in [5.74, 6) is 0.937. The molecule has 0 radical (unpaired) electrons. The predicted octanol–water partition coefficient (Wildman–Crippen LogP) is 2.17. The molecule has 0 heterocycles. The highest BCUT2D eigenvalue weighted by molar-refractivity contribution is 5.95. The summed E-state index contributed by atoms with van der Waals surface area (Å²) in [7, 11) is 3.08. The molecule has 0 saturated carbocycles. The standard InChI is InChI=1S/C16H16N2O4/c1-21-13-5-3-11(4-6-13)16(20)18-17-10-12-9-14(22-2)7-8-15(12)19/h3-10,19H,1-2H3,(H,18,20)/b17-10-. The number of nitrogens with one attached hydrogen (secondary N) is 1. The quantitative estimate of drug-likeness (QED) is 0.655. The molecule has 0 aromatic heterocycles. The summed E-state index contributed by atoms with van der Waals surface area (Å²) in [5, 5.41) is 13.5. The van der Waals surface area contributed by atoms with Gasteiger partial charge in [0.1, 0.15) is 17.2 Å². The number of aromatic hydroxyl groups is 1. The molecule has 2 aromatic rings. The van der Waals surface area contributed by atoms with Gasteiger partial charge in [-0.2, -0.15) is 5.10 Å². The van der Waals surface area contributed by atoms with E-state index in [1.807, 2.05) is 0 Å². The first-order chi connectivity index (χ1) is 10.6. The second-order valence-corrected chi connectivity index (χ2v) is 4.35. The minimum Gasteiger partial charge on any atom is -0.507 e. The van der Waals surface area contributed by atoms with Crippen LogP contribution in [0.1, 0.15) is 15.9 Å². The molecule has 0 spiro atoms. The Balaban J connectivity index is 2.03. The second-order valence-electron chi connectivity index (χ2n) is 4.35. The highest BCUT2D eigenvalue weighted by Gasteiger charge is 2.04. The van der Waals surface area contributed by atoms with Gasteiger partial charge in [0.2, 0.25) is 0 Å². The minimum atomic E-state index is -0.360. The predicted molar refractivity (Wildman–Crippen MR) is 82.7 cm³/mol. The summed E-state index contributed by atoms with van der Waals surface area (Å²) in [4.78, 5) is 11.9. The van der Waals surface area contributed by atoms with Crippen molar-refractivity contribution in [2.45, 2.75) is 0 Å². The summed E-state index contributed by atoms with van der Waals surface area (Å²) in [6, 6.07) is 11.4. The summed E-state index contributed by atoms with van der Waals surface area (Å²) < 4.78 is 10.1. The van der Waals surface area contributed by atoms with Crippen molar-refractivity contribution in [1.82, 2.24) is 5.43 Å². The topological polar surface area (TPSA) is 80.2 Å². The Labute approximate surface area is 128 Å². The van der Waals surface area contributed by atoms with Crippen molar-refractivity contribution in [3.63, 3.8) is 0 Å². The molecule has 114 valence electrons. The number of phenols is 1. The van der Waals surface area contributed by atoms with Gasteiger partial charge in [-0.05, 0) is 42.5 Å². The van der Waals surface area contributed by atoms with Crippen molar-refractivity contribution in [2.24, 2.45) is 5.10 Å². The molecule has 0 aliphatic carbocycles. The molecule has 0 aliphatic rings. The van der Waals surface area contributed by atoms with Crippen LogP contribution in [0.5, 0.6) is 17.2 Å². The van der Waals surface area contributed by atoms with E-state index < -0.39 is 0 Å². The number of rotatable bonds is 5. The lowest BCUT2D eigenvalue weighted by Crippen LogP contribution is -2.17. The van der Waals surface area contributed by atoms with E-state index in [0.717, 1.165) is 0 Å². The van der Waals surface area contributed by atoms with E-state index in [-0.39, 0.29) is 11.7 Å². The highest BCUT2D eigenvalue weighted by Crippen LogP contribution is 2.21. The summed E-state index contributed by atoms with van der Waals surface area (Å²) in [6.45, 7) is 0. The number of ether oxygens (including phenoxy) is 2. The van der Waals surface area contributed by atoms with Gasteiger partial charge in [-0.15, -0.1) is 0 Å². The summed E-state index contributed by atoms with van der Waals surface area (Å²) in [5.41, 5.74) is 3.28. The Morgan fingerprint density at radius 3 is 2.36 bits per heavy atom. The molecule has 0 bridgehead atoms. The van der Waals surface area contributed by atoms with Crippen LogP contribution in [0.3, 0.4) is 0 Å². The Hall–Kier alpha value is -3.02. The smallest absolute Gasteiger partial charge is 0.271 e. The third-order valence-electron chi connectivity index (χ3n) is 2.96. The highest BCUT2D eigenvalue weighted by atomic mass is 16.5. The van der Waals surface area contributed by atoms with Gasteiger partial charge in [-0.25, -0.2) is 5.43 Å². The number of hydrazone groups is 1. The fourth-order valence-electron chi connectivity index (χ4n) is 1.73. The molecule has 6 heteroatoms. The number of hydrogen-bond acceptors (Lipinski definition) is 5. The number of benzene rings is 2. The number of amides is 1. The first-order valence-electron chi connectivity index (χ1n) is 6.48. The molecule has 2 rings (SSSR count). The van der Waals surface area contributed by atoms with E-state index in [1.165, 1.54) is 19.4 Å². The van der Waals surface area contributed by atoms with Crippen LogP contribution in [0.4, 0.5) is 0 Å². The van der Waals surface area contributed by atoms with Gasteiger partial charge in [0.15, 0.2) is 0 Å². The molecule has 0 aliphatic heterocycles. The number of methoxy groups -OCH3 is 2. The molecule has 2 N–H and O–H groups in total. The van der Waals surface area contributed by atoms with Crippen molar-refractivity contribution >= 4 is 12.1 Å². The van der Waals surface area contributed by atoms with Crippen molar-refractivity contribution in [3.05, 3.63) is 53.6 Å². The number of carbonyl (C=O) groups excluding carboxylic acids is 1. The maximum atomic E-state index is 11.9. The van der Waals surface area contributed by atoms with Gasteiger partial charge in [-0.3, -0.25) is 4.79 Å². The van der Waals surface area contributed by atoms with Crippen LogP contribution >= 0.6 is 0 Å². The zero-order valence-corrected chi connectivity index (χ0v) is 12.2. The van der Waals surface area contributed by atoms with E-state index in [9.17, 15) is 9.90 Å². The van der Waals surface area contributed by atoms with E-state index in [0.29, 0.717) is 22.6 Å². The fraction of sp³-hybridized carbons (Fsp3) is 0.125. The maximum Gasteiger partial charge on any atom is 0.271 e. The van der Waals surface area contributed by atoms with Crippen LogP contribution in [0, 0.1) is 0 Å². The van der Waals surface area contributed by atoms with E-state index in [4.69, 9.17) is 9.47 Å². The Bertz CT molecular complexity index is 681. The first kappa shape index (κ1) is 15.4. The molecule has 22 heavy (non-hydrogen) atoms. The van der Waals surface area contributed by atoms with Gasteiger partial charge in [0, 0.05) is 11.1 Å².